The molecule has 0 unspecified atom stereocenters. The van der Waals surface area contributed by atoms with E-state index in [2.05, 4.69) is 12.2 Å². The van der Waals surface area contributed by atoms with Crippen molar-refractivity contribution in [2.24, 2.45) is 5.92 Å². The van der Waals surface area contributed by atoms with Crippen LogP contribution in [0.1, 0.15) is 45.4 Å². The third-order valence-corrected chi connectivity index (χ3v) is 4.75. The van der Waals surface area contributed by atoms with Crippen LogP contribution in [0.3, 0.4) is 0 Å². The molecule has 3 aliphatic rings. The van der Waals surface area contributed by atoms with Gasteiger partial charge in [0.15, 0.2) is 0 Å². The smallest absolute Gasteiger partial charge is 0.327 e. The van der Waals surface area contributed by atoms with Crippen LogP contribution >= 0.6 is 0 Å². The summed E-state index contributed by atoms with van der Waals surface area (Å²) in [5.74, 6) is 0.264. The van der Waals surface area contributed by atoms with Gasteiger partial charge in [0.1, 0.15) is 13.1 Å². The lowest BCUT2D eigenvalue weighted by Crippen LogP contribution is -2.45. The lowest BCUT2D eigenvalue weighted by molar-refractivity contribution is -0.131. The van der Waals surface area contributed by atoms with Crippen LogP contribution in [0.2, 0.25) is 0 Å². The number of rotatable bonds is 4. The van der Waals surface area contributed by atoms with Gasteiger partial charge in [-0.2, -0.15) is 0 Å². The summed E-state index contributed by atoms with van der Waals surface area (Å²) >= 11 is 0. The Labute approximate surface area is 124 Å². The summed E-state index contributed by atoms with van der Waals surface area (Å²) in [7, 11) is 0. The highest BCUT2D eigenvalue weighted by atomic mass is 16.2. The van der Waals surface area contributed by atoms with E-state index in [1.807, 2.05) is 0 Å². The summed E-state index contributed by atoms with van der Waals surface area (Å²) in [5, 5.41) is 2.96. The summed E-state index contributed by atoms with van der Waals surface area (Å²) in [5.41, 5.74) is 0. The number of carbonyl (C=O) groups excluding carboxylic acids is 3. The van der Waals surface area contributed by atoms with E-state index in [1.54, 1.807) is 4.90 Å². The minimum Gasteiger partial charge on any atom is -0.352 e. The molecule has 0 aromatic heterocycles. The normalized spacial score (nSPS) is 30.0. The van der Waals surface area contributed by atoms with Gasteiger partial charge in [-0.05, 0) is 44.4 Å². The molecule has 2 aliphatic carbocycles. The van der Waals surface area contributed by atoms with E-state index in [1.165, 1.54) is 0 Å². The fraction of sp³-hybridized carbons (Fsp3) is 0.800. The molecule has 21 heavy (non-hydrogen) atoms. The van der Waals surface area contributed by atoms with Gasteiger partial charge in [-0.3, -0.25) is 14.5 Å². The first kappa shape index (κ1) is 14.4. The largest absolute Gasteiger partial charge is 0.352 e. The molecule has 3 fully saturated rings. The van der Waals surface area contributed by atoms with Gasteiger partial charge in [0.05, 0.1) is 0 Å². The first-order valence-electron chi connectivity index (χ1n) is 7.95. The third-order valence-electron chi connectivity index (χ3n) is 4.75. The maximum Gasteiger partial charge on any atom is 0.327 e. The zero-order chi connectivity index (χ0) is 15.0. The molecular formula is C15H23N3O3. The number of carbonyl (C=O) groups is 3. The molecule has 0 aromatic carbocycles. The van der Waals surface area contributed by atoms with Gasteiger partial charge in [0.2, 0.25) is 5.91 Å². The van der Waals surface area contributed by atoms with Crippen molar-refractivity contribution in [3.63, 3.8) is 0 Å². The topological polar surface area (TPSA) is 69.7 Å². The molecule has 2 saturated carbocycles. The van der Waals surface area contributed by atoms with Gasteiger partial charge in [0, 0.05) is 12.1 Å². The molecule has 1 N–H and O–H groups in total. The quantitative estimate of drug-likeness (QED) is 0.789. The van der Waals surface area contributed by atoms with Crippen LogP contribution in [0.4, 0.5) is 4.79 Å². The van der Waals surface area contributed by atoms with Gasteiger partial charge in [-0.1, -0.05) is 6.92 Å². The number of amides is 4. The van der Waals surface area contributed by atoms with Crippen molar-refractivity contribution in [1.82, 2.24) is 15.1 Å². The summed E-state index contributed by atoms with van der Waals surface area (Å²) < 4.78 is 0. The molecule has 1 heterocycles. The highest BCUT2D eigenvalue weighted by molar-refractivity contribution is 6.04. The summed E-state index contributed by atoms with van der Waals surface area (Å²) in [6, 6.07) is 0.116. The second kappa shape index (κ2) is 5.66. The van der Waals surface area contributed by atoms with Crippen molar-refractivity contribution in [1.29, 1.82) is 0 Å². The van der Waals surface area contributed by atoms with Crippen molar-refractivity contribution < 1.29 is 14.4 Å². The van der Waals surface area contributed by atoms with Crippen molar-refractivity contribution in [2.45, 2.75) is 57.5 Å². The van der Waals surface area contributed by atoms with Crippen molar-refractivity contribution in [2.75, 3.05) is 13.1 Å². The highest BCUT2D eigenvalue weighted by Crippen LogP contribution is 2.30. The summed E-state index contributed by atoms with van der Waals surface area (Å²) in [6.07, 6.45) is 6.18. The maximum absolute atomic E-state index is 12.1. The predicted molar refractivity (Wildman–Crippen MR) is 76.4 cm³/mol. The van der Waals surface area contributed by atoms with E-state index in [9.17, 15) is 14.4 Å². The summed E-state index contributed by atoms with van der Waals surface area (Å²) in [4.78, 5) is 38.7. The number of imide groups is 1. The average molecular weight is 293 g/mol. The standard InChI is InChI=1S/C15H23N3O3/c1-10-2-4-11(5-3-10)16-13(19)8-18-14(20)9-17(15(18)21)12-6-7-12/h10-12H,2-9H2,1H3,(H,16,19). The molecule has 0 spiro atoms. The monoisotopic (exact) mass is 293 g/mol. The highest BCUT2D eigenvalue weighted by Gasteiger charge is 2.44. The Kier molecular flexibility index (Phi) is 3.87. The number of urea groups is 1. The van der Waals surface area contributed by atoms with E-state index >= 15 is 0 Å². The average Bonchev–Trinajstić information content (AvgIpc) is 3.24. The molecule has 0 bridgehead atoms. The minimum atomic E-state index is -0.296. The Morgan fingerprint density at radius 1 is 1.14 bits per heavy atom. The fourth-order valence-electron chi connectivity index (χ4n) is 3.21. The molecule has 0 atom stereocenters. The SMILES string of the molecule is CC1CCC(NC(=O)CN2C(=O)CN(C3CC3)C2=O)CC1. The van der Waals surface area contributed by atoms with Crippen LogP contribution in [0, 0.1) is 5.92 Å². The fourth-order valence-corrected chi connectivity index (χ4v) is 3.21. The number of hydrogen-bond acceptors (Lipinski definition) is 3. The van der Waals surface area contributed by atoms with Crippen LogP contribution in [-0.4, -0.2) is 52.8 Å². The van der Waals surface area contributed by atoms with Crippen molar-refractivity contribution in [3.8, 4) is 0 Å². The zero-order valence-electron chi connectivity index (χ0n) is 12.5. The van der Waals surface area contributed by atoms with Crippen LogP contribution in [0.5, 0.6) is 0 Å². The second-order valence-electron chi connectivity index (χ2n) is 6.65. The van der Waals surface area contributed by atoms with E-state index in [-0.39, 0.29) is 43.0 Å². The molecule has 116 valence electrons. The van der Waals surface area contributed by atoms with Crippen LogP contribution < -0.4 is 5.32 Å². The Bertz CT molecular complexity index is 453. The molecule has 0 radical (unpaired) electrons. The number of hydrogen-bond donors (Lipinski definition) is 1. The zero-order valence-corrected chi connectivity index (χ0v) is 12.5. The van der Waals surface area contributed by atoms with E-state index in [0.29, 0.717) is 0 Å². The predicted octanol–water partition coefficient (Wildman–Crippen LogP) is 1.11. The van der Waals surface area contributed by atoms with Gasteiger partial charge >= 0.3 is 6.03 Å². The number of nitrogens with one attached hydrogen (secondary N) is 1. The van der Waals surface area contributed by atoms with Gasteiger partial charge in [0.25, 0.3) is 5.91 Å². The first-order chi connectivity index (χ1) is 10.0. The Morgan fingerprint density at radius 3 is 2.43 bits per heavy atom. The number of nitrogens with zero attached hydrogens (tertiary/aromatic N) is 2. The van der Waals surface area contributed by atoms with E-state index < -0.39 is 0 Å². The molecule has 1 aliphatic heterocycles. The van der Waals surface area contributed by atoms with Gasteiger partial charge < -0.3 is 10.2 Å². The van der Waals surface area contributed by atoms with Crippen LogP contribution in [-0.2, 0) is 9.59 Å². The van der Waals surface area contributed by atoms with E-state index in [4.69, 9.17) is 0 Å². The van der Waals surface area contributed by atoms with Crippen LogP contribution in [0.25, 0.3) is 0 Å². The summed E-state index contributed by atoms with van der Waals surface area (Å²) in [6.45, 7) is 2.23. The molecule has 3 rings (SSSR count). The molecule has 6 nitrogen and oxygen atoms in total. The van der Waals surface area contributed by atoms with Crippen molar-refractivity contribution >= 4 is 17.8 Å². The maximum atomic E-state index is 12.1. The van der Waals surface area contributed by atoms with Crippen LogP contribution in [0.15, 0.2) is 0 Å². The lowest BCUT2D eigenvalue weighted by atomic mass is 9.87. The molecule has 4 amide bonds. The minimum absolute atomic E-state index is 0.132. The Balaban J connectivity index is 1.50. The first-order valence-corrected chi connectivity index (χ1v) is 7.95. The Morgan fingerprint density at radius 2 is 1.81 bits per heavy atom. The third kappa shape index (κ3) is 3.19. The van der Waals surface area contributed by atoms with Crippen molar-refractivity contribution in [3.05, 3.63) is 0 Å². The molecule has 1 saturated heterocycles. The lowest BCUT2D eigenvalue weighted by Gasteiger charge is -2.27. The van der Waals surface area contributed by atoms with Gasteiger partial charge in [-0.15, -0.1) is 0 Å². The molecular weight excluding hydrogens is 270 g/mol. The Hall–Kier alpha value is -1.59. The van der Waals surface area contributed by atoms with Gasteiger partial charge in [-0.25, -0.2) is 4.79 Å². The molecule has 0 aromatic rings. The second-order valence-corrected chi connectivity index (χ2v) is 6.65. The van der Waals surface area contributed by atoms with E-state index in [0.717, 1.165) is 49.3 Å². The molecule has 6 heteroatoms.